The van der Waals surface area contributed by atoms with Crippen molar-refractivity contribution in [1.29, 1.82) is 0 Å². The maximum absolute atomic E-state index is 14.9. The van der Waals surface area contributed by atoms with E-state index in [1.165, 1.54) is 12.3 Å². The van der Waals surface area contributed by atoms with Gasteiger partial charge in [0.2, 0.25) is 5.95 Å². The Morgan fingerprint density at radius 2 is 2.03 bits per heavy atom. The van der Waals surface area contributed by atoms with Gasteiger partial charge in [-0.15, -0.1) is 0 Å². The molecular weight excluding hydrogens is 433 g/mol. The van der Waals surface area contributed by atoms with Gasteiger partial charge in [-0.2, -0.15) is 4.98 Å². The third kappa shape index (κ3) is 4.26. The molecule has 1 atom stereocenters. The molecular formula is C22H23ClFN7O. The summed E-state index contributed by atoms with van der Waals surface area (Å²) >= 11 is 5.96. The van der Waals surface area contributed by atoms with Crippen molar-refractivity contribution in [2.45, 2.75) is 20.0 Å². The number of morpholine rings is 1. The van der Waals surface area contributed by atoms with Crippen molar-refractivity contribution in [3.8, 4) is 11.3 Å². The summed E-state index contributed by atoms with van der Waals surface area (Å²) in [7, 11) is 1.67. The zero-order chi connectivity index (χ0) is 22.8. The first-order chi connectivity index (χ1) is 15.4. The van der Waals surface area contributed by atoms with Crippen molar-refractivity contribution in [3.05, 3.63) is 52.2 Å². The molecule has 32 heavy (non-hydrogen) atoms. The third-order valence-electron chi connectivity index (χ3n) is 5.31. The second-order valence-corrected chi connectivity index (χ2v) is 7.86. The zero-order valence-corrected chi connectivity index (χ0v) is 18.8. The monoisotopic (exact) mass is 455 g/mol. The molecule has 1 aliphatic heterocycles. The summed E-state index contributed by atoms with van der Waals surface area (Å²) in [6.45, 7) is 5.18. The normalized spacial score (nSPS) is 17.5. The Bertz CT molecular complexity index is 1230. The minimum absolute atomic E-state index is 0.283. The molecule has 0 aliphatic carbocycles. The largest absolute Gasteiger partial charge is 0.404 e. The van der Waals surface area contributed by atoms with E-state index in [9.17, 15) is 4.39 Å². The molecule has 2 aromatic heterocycles. The van der Waals surface area contributed by atoms with Crippen LogP contribution in [0.2, 0.25) is 5.02 Å². The van der Waals surface area contributed by atoms with Gasteiger partial charge in [0.25, 0.3) is 0 Å². The molecule has 0 amide bonds. The Morgan fingerprint density at radius 3 is 2.75 bits per heavy atom. The molecule has 0 unspecified atom stereocenters. The lowest BCUT2D eigenvalue weighted by molar-refractivity contribution is 0.0674. The van der Waals surface area contributed by atoms with Crippen molar-refractivity contribution < 1.29 is 9.13 Å². The average Bonchev–Trinajstić information content (AvgIpc) is 2.78. The minimum Gasteiger partial charge on any atom is -0.404 e. The van der Waals surface area contributed by atoms with Gasteiger partial charge in [-0.1, -0.05) is 11.6 Å². The summed E-state index contributed by atoms with van der Waals surface area (Å²) in [4.78, 5) is 24.6. The molecule has 2 N–H and O–H groups in total. The predicted octanol–water partition coefficient (Wildman–Crippen LogP) is 3.24. The molecule has 8 nitrogen and oxygen atoms in total. The van der Waals surface area contributed by atoms with Gasteiger partial charge in [-0.05, 0) is 32.0 Å². The molecule has 3 aromatic rings. The summed E-state index contributed by atoms with van der Waals surface area (Å²) in [5.74, 6) is -0.0756. The van der Waals surface area contributed by atoms with Crippen LogP contribution in [-0.4, -0.2) is 59.0 Å². The Morgan fingerprint density at radius 1 is 1.25 bits per heavy atom. The first-order valence-electron chi connectivity index (χ1n) is 10.1. The summed E-state index contributed by atoms with van der Waals surface area (Å²) in [6, 6.07) is 4.47. The topological polar surface area (TPSA) is 102 Å². The van der Waals surface area contributed by atoms with Gasteiger partial charge in [0.15, 0.2) is 5.65 Å². The van der Waals surface area contributed by atoms with Crippen LogP contribution in [-0.2, 0) is 4.74 Å². The number of fused-ring (bicyclic) bond motifs is 1. The smallest absolute Gasteiger partial charge is 0.228 e. The highest BCUT2D eigenvalue weighted by Crippen LogP contribution is 2.31. The van der Waals surface area contributed by atoms with E-state index < -0.39 is 5.82 Å². The lowest BCUT2D eigenvalue weighted by Gasteiger charge is -2.33. The predicted molar refractivity (Wildman–Crippen MR) is 124 cm³/mol. The number of aryl methyl sites for hydroxylation is 2. The van der Waals surface area contributed by atoms with Gasteiger partial charge >= 0.3 is 0 Å². The fourth-order valence-corrected chi connectivity index (χ4v) is 3.69. The van der Waals surface area contributed by atoms with E-state index in [2.05, 4.69) is 19.9 Å². The molecule has 10 heteroatoms. The SMILES string of the molecule is CN=C/C(=C\N)[C@@H]1CN(c2nc(-c3ccc(Cl)cc3F)c3nc(C)c(C)nc3n2)CCO1. The second kappa shape index (κ2) is 9.13. The standard InChI is InChI=1S/C22H23ClFN7O/c1-12-13(2)28-21-20(27-12)19(16-5-4-15(23)8-17(16)24)29-22(30-21)31-6-7-32-18(11-31)14(9-25)10-26-3/h4-5,8-10,18H,6-7,11,25H2,1-3H3/b14-9+,26-10?/t18-/m0/s1. The molecule has 1 aromatic carbocycles. The molecule has 4 rings (SSSR count). The highest BCUT2D eigenvalue weighted by Gasteiger charge is 2.26. The quantitative estimate of drug-likeness (QED) is 0.602. The Hall–Kier alpha value is -3.17. The molecule has 1 saturated heterocycles. The van der Waals surface area contributed by atoms with Crippen LogP contribution < -0.4 is 10.6 Å². The number of hydrogen-bond donors (Lipinski definition) is 1. The summed E-state index contributed by atoms with van der Waals surface area (Å²) in [5, 5.41) is 0.303. The molecule has 0 bridgehead atoms. The number of nitrogens with two attached hydrogens (primary N) is 1. The number of rotatable bonds is 4. The first-order valence-corrected chi connectivity index (χ1v) is 10.5. The van der Waals surface area contributed by atoms with Crippen molar-refractivity contribution in [2.24, 2.45) is 10.7 Å². The van der Waals surface area contributed by atoms with E-state index in [-0.39, 0.29) is 11.7 Å². The van der Waals surface area contributed by atoms with Crippen LogP contribution in [0.25, 0.3) is 22.4 Å². The van der Waals surface area contributed by atoms with Crippen molar-refractivity contribution in [2.75, 3.05) is 31.6 Å². The number of halogens is 2. The summed E-state index contributed by atoms with van der Waals surface area (Å²) in [6.07, 6.45) is 2.86. The van der Waals surface area contributed by atoms with Gasteiger partial charge < -0.3 is 15.4 Å². The van der Waals surface area contributed by atoms with Crippen LogP contribution in [0.5, 0.6) is 0 Å². The molecule has 166 valence electrons. The van der Waals surface area contributed by atoms with E-state index in [0.29, 0.717) is 47.5 Å². The van der Waals surface area contributed by atoms with Crippen LogP contribution >= 0.6 is 11.6 Å². The second-order valence-electron chi connectivity index (χ2n) is 7.42. The fourth-order valence-electron chi connectivity index (χ4n) is 3.53. The Balaban J connectivity index is 1.84. The van der Waals surface area contributed by atoms with Gasteiger partial charge in [0.1, 0.15) is 23.1 Å². The Kier molecular flexibility index (Phi) is 6.29. The zero-order valence-electron chi connectivity index (χ0n) is 18.0. The summed E-state index contributed by atoms with van der Waals surface area (Å²) < 4.78 is 20.7. The van der Waals surface area contributed by atoms with Crippen LogP contribution in [0.3, 0.4) is 0 Å². The van der Waals surface area contributed by atoms with Crippen molar-refractivity contribution >= 4 is 34.9 Å². The van der Waals surface area contributed by atoms with E-state index in [1.54, 1.807) is 25.4 Å². The van der Waals surface area contributed by atoms with E-state index >= 15 is 0 Å². The maximum Gasteiger partial charge on any atom is 0.228 e. The summed E-state index contributed by atoms with van der Waals surface area (Å²) in [5.41, 5.74) is 9.47. The number of aliphatic imine (C=N–C) groups is 1. The van der Waals surface area contributed by atoms with E-state index in [4.69, 9.17) is 27.1 Å². The number of hydrogen-bond acceptors (Lipinski definition) is 8. The molecule has 3 heterocycles. The van der Waals surface area contributed by atoms with Crippen molar-refractivity contribution in [3.63, 3.8) is 0 Å². The molecule has 0 radical (unpaired) electrons. The Labute approximate surface area is 190 Å². The fraction of sp³-hybridized carbons (Fsp3) is 0.318. The van der Waals surface area contributed by atoms with Crippen LogP contribution in [0.4, 0.5) is 10.3 Å². The van der Waals surface area contributed by atoms with Gasteiger partial charge in [0, 0.05) is 42.2 Å². The number of aromatic nitrogens is 4. The van der Waals surface area contributed by atoms with Gasteiger partial charge in [0.05, 0.1) is 24.5 Å². The van der Waals surface area contributed by atoms with Crippen LogP contribution in [0.1, 0.15) is 11.4 Å². The molecule has 1 aliphatic rings. The van der Waals surface area contributed by atoms with Gasteiger partial charge in [-0.3, -0.25) is 4.99 Å². The van der Waals surface area contributed by atoms with E-state index in [1.807, 2.05) is 18.7 Å². The average molecular weight is 456 g/mol. The molecule has 0 spiro atoms. The highest BCUT2D eigenvalue weighted by molar-refractivity contribution is 6.30. The lowest BCUT2D eigenvalue weighted by atomic mass is 10.1. The molecule has 0 saturated carbocycles. The maximum atomic E-state index is 14.9. The number of ether oxygens (including phenoxy) is 1. The van der Waals surface area contributed by atoms with Crippen LogP contribution in [0, 0.1) is 19.7 Å². The number of benzene rings is 1. The van der Waals surface area contributed by atoms with Crippen LogP contribution in [0.15, 0.2) is 35.0 Å². The number of nitrogens with zero attached hydrogens (tertiary/aromatic N) is 6. The van der Waals surface area contributed by atoms with Crippen molar-refractivity contribution in [1.82, 2.24) is 19.9 Å². The van der Waals surface area contributed by atoms with Gasteiger partial charge in [-0.25, -0.2) is 19.3 Å². The minimum atomic E-state index is -0.490. The lowest BCUT2D eigenvalue weighted by Crippen LogP contribution is -2.44. The highest BCUT2D eigenvalue weighted by atomic mass is 35.5. The first kappa shape index (κ1) is 22.0. The molecule has 1 fully saturated rings. The van der Waals surface area contributed by atoms with E-state index in [0.717, 1.165) is 17.0 Å². The number of anilines is 1. The third-order valence-corrected chi connectivity index (χ3v) is 5.54.